The topological polar surface area (TPSA) is 56.2 Å². The number of ether oxygens (including phenoxy) is 1. The molecule has 0 radical (unpaired) electrons. The Morgan fingerprint density at radius 3 is 2.96 bits per heavy atom. The summed E-state index contributed by atoms with van der Waals surface area (Å²) < 4.78 is 46.1. The Kier molecular flexibility index (Phi) is 4.81. The second kappa shape index (κ2) is 7.14. The van der Waals surface area contributed by atoms with Crippen LogP contribution in [0, 0.1) is 5.92 Å². The predicted molar refractivity (Wildman–Crippen MR) is 96.4 cm³/mol. The molecule has 5 nitrogen and oxygen atoms in total. The van der Waals surface area contributed by atoms with E-state index >= 15 is 0 Å². The van der Waals surface area contributed by atoms with Gasteiger partial charge in [-0.1, -0.05) is 19.1 Å². The summed E-state index contributed by atoms with van der Waals surface area (Å²) in [5.41, 5.74) is 2.41. The van der Waals surface area contributed by atoms with Crippen molar-refractivity contribution in [3.63, 3.8) is 0 Å². The van der Waals surface area contributed by atoms with Crippen molar-refractivity contribution in [1.82, 2.24) is 14.9 Å². The third-order valence-electron chi connectivity index (χ3n) is 5.46. The summed E-state index contributed by atoms with van der Waals surface area (Å²) in [6.07, 6.45) is -1.00. The lowest BCUT2D eigenvalue weighted by Gasteiger charge is -2.26. The van der Waals surface area contributed by atoms with E-state index < -0.39 is 12.1 Å². The SMILES string of the molecule is CCc1ccc2c(c1)C[C@@H](NC(=O)c1cn3c(n1)CCC(C(F)(F)F)C3)CO2. The van der Waals surface area contributed by atoms with Crippen LogP contribution in [-0.2, 0) is 25.8 Å². The number of benzene rings is 1. The van der Waals surface area contributed by atoms with E-state index in [4.69, 9.17) is 4.74 Å². The molecule has 2 aliphatic rings. The number of rotatable bonds is 3. The lowest BCUT2D eigenvalue weighted by Crippen LogP contribution is -2.42. The van der Waals surface area contributed by atoms with Crippen LogP contribution in [0.2, 0.25) is 0 Å². The van der Waals surface area contributed by atoms with E-state index in [9.17, 15) is 18.0 Å². The molecule has 8 heteroatoms. The van der Waals surface area contributed by atoms with Crippen LogP contribution >= 0.6 is 0 Å². The molecule has 0 bridgehead atoms. The van der Waals surface area contributed by atoms with Crippen molar-refractivity contribution in [2.24, 2.45) is 5.92 Å². The second-order valence-electron chi connectivity index (χ2n) is 7.45. The van der Waals surface area contributed by atoms with Gasteiger partial charge in [0.1, 0.15) is 23.9 Å². The molecule has 1 aromatic carbocycles. The smallest absolute Gasteiger partial charge is 0.393 e. The zero-order valence-electron chi connectivity index (χ0n) is 15.6. The van der Waals surface area contributed by atoms with Crippen LogP contribution in [0.15, 0.2) is 24.4 Å². The fourth-order valence-corrected chi connectivity index (χ4v) is 3.84. The van der Waals surface area contributed by atoms with Gasteiger partial charge in [-0.05, 0) is 36.5 Å². The molecule has 0 aliphatic carbocycles. The van der Waals surface area contributed by atoms with E-state index in [-0.39, 0.29) is 37.0 Å². The number of hydrogen-bond acceptors (Lipinski definition) is 3. The van der Waals surface area contributed by atoms with Crippen LogP contribution in [0.25, 0.3) is 0 Å². The number of aryl methyl sites for hydroxylation is 2. The average molecular weight is 393 g/mol. The summed E-state index contributed by atoms with van der Waals surface area (Å²) in [4.78, 5) is 16.8. The maximum Gasteiger partial charge on any atom is 0.393 e. The summed E-state index contributed by atoms with van der Waals surface area (Å²) in [5, 5.41) is 2.90. The van der Waals surface area contributed by atoms with E-state index in [1.54, 1.807) is 0 Å². The van der Waals surface area contributed by atoms with Crippen molar-refractivity contribution >= 4 is 5.91 Å². The number of imidazole rings is 1. The van der Waals surface area contributed by atoms with Gasteiger partial charge in [-0.3, -0.25) is 4.79 Å². The standard InChI is InChI=1S/C20H22F3N3O2/c1-2-12-3-5-17-13(7-12)8-15(11-28-17)24-19(27)16-10-26-9-14(20(21,22)23)4-6-18(26)25-16/h3,5,7,10,14-15H,2,4,6,8-9,11H2,1H3,(H,24,27)/t14?,15-/m1/s1. The molecule has 0 saturated heterocycles. The largest absolute Gasteiger partial charge is 0.491 e. The highest BCUT2D eigenvalue weighted by Crippen LogP contribution is 2.34. The van der Waals surface area contributed by atoms with Gasteiger partial charge in [-0.2, -0.15) is 13.2 Å². The molecule has 2 aromatic rings. The maximum atomic E-state index is 13.0. The Balaban J connectivity index is 1.43. The van der Waals surface area contributed by atoms with Gasteiger partial charge in [0, 0.05) is 19.2 Å². The summed E-state index contributed by atoms with van der Waals surface area (Å²) in [6.45, 7) is 2.25. The molecular formula is C20H22F3N3O2. The highest BCUT2D eigenvalue weighted by atomic mass is 19.4. The summed E-state index contributed by atoms with van der Waals surface area (Å²) in [7, 11) is 0. The van der Waals surface area contributed by atoms with Gasteiger partial charge in [0.25, 0.3) is 5.91 Å². The van der Waals surface area contributed by atoms with Crippen LogP contribution < -0.4 is 10.1 Å². The zero-order valence-corrected chi connectivity index (χ0v) is 15.6. The molecule has 1 aromatic heterocycles. The van der Waals surface area contributed by atoms with Crippen molar-refractivity contribution in [1.29, 1.82) is 0 Å². The highest BCUT2D eigenvalue weighted by Gasteiger charge is 2.41. The molecule has 0 fully saturated rings. The Labute approximate surface area is 160 Å². The molecule has 0 saturated carbocycles. The number of nitrogens with one attached hydrogen (secondary N) is 1. The van der Waals surface area contributed by atoms with Crippen LogP contribution in [0.4, 0.5) is 13.2 Å². The molecule has 150 valence electrons. The fraction of sp³-hybridized carbons (Fsp3) is 0.500. The summed E-state index contributed by atoms with van der Waals surface area (Å²) in [6, 6.07) is 5.86. The number of aromatic nitrogens is 2. The third-order valence-corrected chi connectivity index (χ3v) is 5.46. The molecular weight excluding hydrogens is 371 g/mol. The number of nitrogens with zero attached hydrogens (tertiary/aromatic N) is 2. The number of alkyl halides is 3. The first-order valence-corrected chi connectivity index (χ1v) is 9.51. The van der Waals surface area contributed by atoms with Crippen molar-refractivity contribution in [2.45, 2.75) is 51.4 Å². The maximum absolute atomic E-state index is 13.0. The summed E-state index contributed by atoms with van der Waals surface area (Å²) >= 11 is 0. The van der Waals surface area contributed by atoms with E-state index in [1.165, 1.54) is 16.3 Å². The zero-order chi connectivity index (χ0) is 19.9. The fourth-order valence-electron chi connectivity index (χ4n) is 3.84. The number of amides is 1. The van der Waals surface area contributed by atoms with Crippen LogP contribution in [0.5, 0.6) is 5.75 Å². The molecule has 28 heavy (non-hydrogen) atoms. The normalized spacial score (nSPS) is 21.4. The average Bonchev–Trinajstić information content (AvgIpc) is 3.10. The number of carbonyl (C=O) groups excluding carboxylic acids is 1. The molecule has 4 rings (SSSR count). The van der Waals surface area contributed by atoms with Gasteiger partial charge < -0.3 is 14.6 Å². The minimum atomic E-state index is -4.23. The Morgan fingerprint density at radius 1 is 1.39 bits per heavy atom. The minimum absolute atomic E-state index is 0.00852. The van der Waals surface area contributed by atoms with Gasteiger partial charge in [0.2, 0.25) is 0 Å². The van der Waals surface area contributed by atoms with Crippen molar-refractivity contribution < 1.29 is 22.7 Å². The molecule has 3 heterocycles. The lowest BCUT2D eigenvalue weighted by molar-refractivity contribution is -0.182. The van der Waals surface area contributed by atoms with Crippen LogP contribution in [-0.4, -0.2) is 34.3 Å². The first-order chi connectivity index (χ1) is 13.3. The number of carbonyl (C=O) groups is 1. The second-order valence-corrected chi connectivity index (χ2v) is 7.45. The predicted octanol–water partition coefficient (Wildman–Crippen LogP) is 3.30. The van der Waals surface area contributed by atoms with E-state index in [0.29, 0.717) is 18.9 Å². The Hall–Kier alpha value is -2.51. The van der Waals surface area contributed by atoms with Gasteiger partial charge in [-0.25, -0.2) is 4.98 Å². The number of hydrogen-bond donors (Lipinski definition) is 1. The van der Waals surface area contributed by atoms with E-state index in [2.05, 4.69) is 23.3 Å². The van der Waals surface area contributed by atoms with Crippen molar-refractivity contribution in [3.05, 3.63) is 47.0 Å². The third kappa shape index (κ3) is 3.72. The summed E-state index contributed by atoms with van der Waals surface area (Å²) in [5.74, 6) is -0.405. The molecule has 0 spiro atoms. The lowest BCUT2D eigenvalue weighted by atomic mass is 9.99. The minimum Gasteiger partial charge on any atom is -0.491 e. The highest BCUT2D eigenvalue weighted by molar-refractivity contribution is 5.92. The van der Waals surface area contributed by atoms with Gasteiger partial charge in [0.15, 0.2) is 0 Å². The molecule has 1 N–H and O–H groups in total. The van der Waals surface area contributed by atoms with E-state index in [1.807, 2.05) is 12.1 Å². The number of halogens is 3. The van der Waals surface area contributed by atoms with Crippen molar-refractivity contribution in [2.75, 3.05) is 6.61 Å². The molecule has 2 aliphatic heterocycles. The van der Waals surface area contributed by atoms with Crippen LogP contribution in [0.1, 0.15) is 40.8 Å². The van der Waals surface area contributed by atoms with E-state index in [0.717, 1.165) is 17.7 Å². The first kappa shape index (κ1) is 18.8. The van der Waals surface area contributed by atoms with Crippen molar-refractivity contribution in [3.8, 4) is 5.75 Å². The number of fused-ring (bicyclic) bond motifs is 2. The first-order valence-electron chi connectivity index (χ1n) is 9.51. The molecule has 2 atom stereocenters. The monoisotopic (exact) mass is 393 g/mol. The Morgan fingerprint density at radius 2 is 2.21 bits per heavy atom. The molecule has 1 amide bonds. The van der Waals surface area contributed by atoms with Crippen LogP contribution in [0.3, 0.4) is 0 Å². The Bertz CT molecular complexity index is 891. The van der Waals surface area contributed by atoms with Gasteiger partial charge in [-0.15, -0.1) is 0 Å². The molecule has 1 unspecified atom stereocenters. The quantitative estimate of drug-likeness (QED) is 0.871. The van der Waals surface area contributed by atoms with Gasteiger partial charge in [0.05, 0.1) is 12.0 Å². The van der Waals surface area contributed by atoms with Gasteiger partial charge >= 0.3 is 6.18 Å².